The number of nitrogens with one attached hydrogen (secondary N) is 1. The Morgan fingerprint density at radius 1 is 1.35 bits per heavy atom. The molecule has 0 saturated carbocycles. The van der Waals surface area contributed by atoms with Crippen molar-refractivity contribution >= 4 is 46.6 Å². The van der Waals surface area contributed by atoms with Gasteiger partial charge in [-0.2, -0.15) is 0 Å². The molecule has 1 unspecified atom stereocenters. The Balaban J connectivity index is 1.65. The standard InChI is InChI=1S/C15H14N2O4S2/c18-10(6-8-4-2-1-3-5-8)16-11-13(19)17-12(15(20)21)9(22)7-23-14(11)17/h1-5,11-12,14H,6-7H2,(H,16,18)(H,20,21)/t11-,12?,14+/m1/s1. The molecule has 1 aromatic rings. The highest BCUT2D eigenvalue weighted by atomic mass is 32.2. The van der Waals surface area contributed by atoms with Gasteiger partial charge in [-0.3, -0.25) is 9.59 Å². The zero-order valence-corrected chi connectivity index (χ0v) is 13.6. The number of thiocarbonyl (C=S) groups is 1. The second-order valence-corrected chi connectivity index (χ2v) is 6.99. The lowest BCUT2D eigenvalue weighted by molar-refractivity contribution is -0.158. The average Bonchev–Trinajstić information content (AvgIpc) is 2.53. The number of carbonyl (C=O) groups is 3. The van der Waals surface area contributed by atoms with Crippen LogP contribution in [0, 0.1) is 0 Å². The maximum absolute atomic E-state index is 12.2. The van der Waals surface area contributed by atoms with Crippen LogP contribution in [-0.4, -0.2) is 55.9 Å². The molecule has 2 amide bonds. The van der Waals surface area contributed by atoms with Crippen molar-refractivity contribution in [3.05, 3.63) is 35.9 Å². The predicted molar refractivity (Wildman–Crippen MR) is 89.2 cm³/mol. The minimum atomic E-state index is -1.12. The highest BCUT2D eigenvalue weighted by molar-refractivity contribution is 8.02. The van der Waals surface area contributed by atoms with Gasteiger partial charge in [-0.05, 0) is 5.56 Å². The number of hydrogen-bond acceptors (Lipinski definition) is 5. The molecule has 3 atom stereocenters. The number of β-lactam (4-membered cyclic amide) rings is 1. The SMILES string of the molecule is O=C(Cc1ccccc1)N[C@@H]1C(=O)N2C(C(=O)O)C(=S)CS[C@@H]12. The predicted octanol–water partition coefficient (Wildman–Crippen LogP) is 0.452. The lowest BCUT2D eigenvalue weighted by Crippen LogP contribution is -2.75. The summed E-state index contributed by atoms with van der Waals surface area (Å²) in [6, 6.07) is 7.48. The van der Waals surface area contributed by atoms with Crippen molar-refractivity contribution in [1.82, 2.24) is 10.2 Å². The van der Waals surface area contributed by atoms with Crippen LogP contribution in [0.2, 0.25) is 0 Å². The van der Waals surface area contributed by atoms with Gasteiger partial charge in [0.05, 0.1) is 6.42 Å². The molecule has 3 rings (SSSR count). The third-order valence-corrected chi connectivity index (χ3v) is 5.69. The second kappa shape index (κ2) is 6.29. The van der Waals surface area contributed by atoms with E-state index in [0.717, 1.165) is 5.56 Å². The first kappa shape index (κ1) is 15.9. The third kappa shape index (κ3) is 2.96. The number of fused-ring (bicyclic) bond motifs is 1. The van der Waals surface area contributed by atoms with E-state index in [0.29, 0.717) is 10.6 Å². The highest BCUT2D eigenvalue weighted by Gasteiger charge is 2.56. The molecule has 2 aliphatic rings. The van der Waals surface area contributed by atoms with Crippen molar-refractivity contribution in [2.24, 2.45) is 0 Å². The number of benzene rings is 1. The number of amides is 2. The molecule has 0 spiro atoms. The van der Waals surface area contributed by atoms with Gasteiger partial charge in [0.15, 0.2) is 6.04 Å². The molecular formula is C15H14N2O4S2. The Bertz CT molecular complexity index is 679. The molecule has 6 nitrogen and oxygen atoms in total. The van der Waals surface area contributed by atoms with Crippen LogP contribution in [0.15, 0.2) is 30.3 Å². The molecule has 0 bridgehead atoms. The zero-order valence-electron chi connectivity index (χ0n) is 12.0. The fourth-order valence-electron chi connectivity index (χ4n) is 2.73. The molecule has 8 heteroatoms. The van der Waals surface area contributed by atoms with Gasteiger partial charge in [0, 0.05) is 10.6 Å². The molecule has 2 saturated heterocycles. The van der Waals surface area contributed by atoms with Crippen molar-refractivity contribution in [3.8, 4) is 0 Å². The van der Waals surface area contributed by atoms with Gasteiger partial charge < -0.3 is 15.3 Å². The van der Waals surface area contributed by atoms with Crippen molar-refractivity contribution in [1.29, 1.82) is 0 Å². The Morgan fingerprint density at radius 2 is 2.04 bits per heavy atom. The number of carboxylic acid groups (broad SMARTS) is 1. The van der Waals surface area contributed by atoms with E-state index in [1.807, 2.05) is 30.3 Å². The summed E-state index contributed by atoms with van der Waals surface area (Å²) in [4.78, 5) is 37.2. The largest absolute Gasteiger partial charge is 0.479 e. The van der Waals surface area contributed by atoms with E-state index in [1.54, 1.807) is 0 Å². The zero-order chi connectivity index (χ0) is 16.6. The molecule has 120 valence electrons. The summed E-state index contributed by atoms with van der Waals surface area (Å²) in [5, 5.41) is 11.6. The van der Waals surface area contributed by atoms with Crippen LogP contribution in [0.25, 0.3) is 0 Å². The van der Waals surface area contributed by atoms with Gasteiger partial charge in [-0.15, -0.1) is 11.8 Å². The van der Waals surface area contributed by atoms with E-state index >= 15 is 0 Å². The Kier molecular flexibility index (Phi) is 4.36. The summed E-state index contributed by atoms with van der Waals surface area (Å²) >= 11 is 6.44. The topological polar surface area (TPSA) is 86.7 Å². The minimum Gasteiger partial charge on any atom is -0.479 e. The molecule has 2 fully saturated rings. The average molecular weight is 350 g/mol. The summed E-state index contributed by atoms with van der Waals surface area (Å²) in [7, 11) is 0. The van der Waals surface area contributed by atoms with Crippen LogP contribution in [0.5, 0.6) is 0 Å². The van der Waals surface area contributed by atoms with Crippen molar-refractivity contribution in [2.75, 3.05) is 5.75 Å². The molecule has 2 aliphatic heterocycles. The number of aliphatic carboxylic acids is 1. The van der Waals surface area contributed by atoms with Crippen LogP contribution < -0.4 is 5.32 Å². The first-order valence-corrected chi connectivity index (χ1v) is 8.47. The smallest absolute Gasteiger partial charge is 0.331 e. The van der Waals surface area contributed by atoms with Gasteiger partial charge >= 0.3 is 5.97 Å². The number of carboxylic acids is 1. The Morgan fingerprint density at radius 3 is 2.70 bits per heavy atom. The third-order valence-electron chi connectivity index (χ3n) is 3.82. The number of nitrogens with zero attached hydrogens (tertiary/aromatic N) is 1. The monoisotopic (exact) mass is 350 g/mol. The van der Waals surface area contributed by atoms with Crippen LogP contribution in [0.4, 0.5) is 0 Å². The number of thioether (sulfide) groups is 1. The summed E-state index contributed by atoms with van der Waals surface area (Å²) < 4.78 is 0. The van der Waals surface area contributed by atoms with E-state index in [4.69, 9.17) is 12.2 Å². The van der Waals surface area contributed by atoms with E-state index in [9.17, 15) is 19.5 Å². The summed E-state index contributed by atoms with van der Waals surface area (Å²) in [6.07, 6.45) is 0.183. The van der Waals surface area contributed by atoms with Gasteiger partial charge in [0.1, 0.15) is 11.4 Å². The van der Waals surface area contributed by atoms with Crippen LogP contribution in [-0.2, 0) is 20.8 Å². The second-order valence-electron chi connectivity index (χ2n) is 5.36. The van der Waals surface area contributed by atoms with E-state index in [-0.39, 0.29) is 17.7 Å². The number of hydrogen-bond donors (Lipinski definition) is 2. The summed E-state index contributed by atoms with van der Waals surface area (Å²) in [5.41, 5.74) is 0.856. The van der Waals surface area contributed by atoms with E-state index in [1.165, 1.54) is 16.7 Å². The minimum absolute atomic E-state index is 0.183. The normalized spacial score (nSPS) is 26.3. The fourth-order valence-corrected chi connectivity index (χ4v) is 4.41. The molecule has 0 aliphatic carbocycles. The van der Waals surface area contributed by atoms with Crippen molar-refractivity contribution in [3.63, 3.8) is 0 Å². The Hall–Kier alpha value is -1.93. The van der Waals surface area contributed by atoms with Crippen LogP contribution in [0.1, 0.15) is 5.56 Å². The first-order chi connectivity index (χ1) is 11.0. The molecule has 2 N–H and O–H groups in total. The maximum Gasteiger partial charge on any atom is 0.331 e. The lowest BCUT2D eigenvalue weighted by atomic mass is 10.0. The molecule has 23 heavy (non-hydrogen) atoms. The summed E-state index contributed by atoms with van der Waals surface area (Å²) in [5.74, 6) is -1.37. The quantitative estimate of drug-likeness (QED) is 0.606. The lowest BCUT2D eigenvalue weighted by Gasteiger charge is -2.51. The van der Waals surface area contributed by atoms with Gasteiger partial charge in [0.2, 0.25) is 11.8 Å². The first-order valence-electron chi connectivity index (χ1n) is 7.01. The maximum atomic E-state index is 12.2. The highest BCUT2D eigenvalue weighted by Crippen LogP contribution is 2.37. The molecule has 2 heterocycles. The molecule has 0 aromatic heterocycles. The molecule has 1 aromatic carbocycles. The number of carbonyl (C=O) groups excluding carboxylic acids is 2. The van der Waals surface area contributed by atoms with Crippen LogP contribution >= 0.6 is 24.0 Å². The van der Waals surface area contributed by atoms with Crippen molar-refractivity contribution < 1.29 is 19.5 Å². The van der Waals surface area contributed by atoms with Gasteiger partial charge in [0.25, 0.3) is 0 Å². The van der Waals surface area contributed by atoms with Gasteiger partial charge in [-0.25, -0.2) is 4.79 Å². The Labute approximate surface area is 142 Å². The molecule has 0 radical (unpaired) electrons. The van der Waals surface area contributed by atoms with Crippen molar-refractivity contribution in [2.45, 2.75) is 23.9 Å². The van der Waals surface area contributed by atoms with Crippen LogP contribution in [0.3, 0.4) is 0 Å². The summed E-state index contributed by atoms with van der Waals surface area (Å²) in [6.45, 7) is 0. The van der Waals surface area contributed by atoms with Gasteiger partial charge in [-0.1, -0.05) is 42.5 Å². The number of rotatable bonds is 4. The van der Waals surface area contributed by atoms with E-state index < -0.39 is 24.0 Å². The van der Waals surface area contributed by atoms with E-state index in [2.05, 4.69) is 5.32 Å². The fraction of sp³-hybridized carbons (Fsp3) is 0.333. The molecular weight excluding hydrogens is 336 g/mol.